The minimum Gasteiger partial charge on any atom is -0.439 e. The third-order valence-electron chi connectivity index (χ3n) is 3.28. The second-order valence-electron chi connectivity index (χ2n) is 4.91. The van der Waals surface area contributed by atoms with E-state index in [0.717, 1.165) is 31.0 Å². The highest BCUT2D eigenvalue weighted by atomic mass is 16.5. The molecule has 0 aliphatic heterocycles. The average Bonchev–Trinajstić information content (AvgIpc) is 2.49. The second-order valence-corrected chi connectivity index (χ2v) is 4.91. The Balaban J connectivity index is 2.02. The number of benzene rings is 1. The van der Waals surface area contributed by atoms with E-state index in [4.69, 9.17) is 9.47 Å². The van der Waals surface area contributed by atoms with Gasteiger partial charge in [0.15, 0.2) is 0 Å². The van der Waals surface area contributed by atoms with Gasteiger partial charge in [-0.25, -0.2) is 4.98 Å². The zero-order chi connectivity index (χ0) is 15.1. The molecule has 1 N–H and O–H groups in total. The lowest BCUT2D eigenvalue weighted by Crippen LogP contribution is -2.07. The number of ether oxygens (including phenoxy) is 2. The number of pyridine rings is 1. The van der Waals surface area contributed by atoms with Gasteiger partial charge in [0.2, 0.25) is 5.88 Å². The quantitative estimate of drug-likeness (QED) is 0.849. The van der Waals surface area contributed by atoms with Crippen molar-refractivity contribution in [2.75, 3.05) is 20.8 Å². The molecule has 0 aliphatic carbocycles. The van der Waals surface area contributed by atoms with Crippen LogP contribution in [0.2, 0.25) is 0 Å². The smallest absolute Gasteiger partial charge is 0.219 e. The van der Waals surface area contributed by atoms with Gasteiger partial charge in [0.05, 0.1) is 6.61 Å². The first kappa shape index (κ1) is 15.5. The number of nitrogens with one attached hydrogen (secondary N) is 1. The molecule has 0 atom stereocenters. The fourth-order valence-corrected chi connectivity index (χ4v) is 2.07. The van der Waals surface area contributed by atoms with Crippen LogP contribution < -0.4 is 10.1 Å². The van der Waals surface area contributed by atoms with Crippen molar-refractivity contribution in [1.29, 1.82) is 0 Å². The molecule has 0 amide bonds. The van der Waals surface area contributed by atoms with Crippen molar-refractivity contribution in [1.82, 2.24) is 10.3 Å². The number of hydrogen-bond donors (Lipinski definition) is 1. The fourth-order valence-electron chi connectivity index (χ4n) is 2.07. The van der Waals surface area contributed by atoms with Gasteiger partial charge in [-0.15, -0.1) is 0 Å². The van der Waals surface area contributed by atoms with E-state index in [1.54, 1.807) is 7.11 Å². The number of nitrogens with zero attached hydrogens (tertiary/aromatic N) is 1. The van der Waals surface area contributed by atoms with E-state index in [0.29, 0.717) is 5.88 Å². The van der Waals surface area contributed by atoms with Crippen molar-refractivity contribution in [2.24, 2.45) is 0 Å². The normalized spacial score (nSPS) is 10.6. The standard InChI is InChI=1S/C17H22N2O2/c1-13-15(12-18-2)6-9-17(19-13)21-16-7-4-14(5-8-16)10-11-20-3/h4-9,18H,10-12H2,1-3H3. The molecular formula is C17H22N2O2. The van der Waals surface area contributed by atoms with Gasteiger partial charge in [0, 0.05) is 25.4 Å². The molecule has 4 heteroatoms. The highest BCUT2D eigenvalue weighted by Gasteiger charge is 2.03. The molecule has 0 unspecified atom stereocenters. The fraction of sp³-hybridized carbons (Fsp3) is 0.353. The summed E-state index contributed by atoms with van der Waals surface area (Å²) in [6.45, 7) is 3.54. The molecule has 2 aromatic rings. The largest absolute Gasteiger partial charge is 0.439 e. The zero-order valence-electron chi connectivity index (χ0n) is 12.8. The molecule has 0 aliphatic rings. The second kappa shape index (κ2) is 7.76. The van der Waals surface area contributed by atoms with E-state index < -0.39 is 0 Å². The molecule has 0 bridgehead atoms. The molecular weight excluding hydrogens is 264 g/mol. The molecule has 2 rings (SSSR count). The average molecular weight is 286 g/mol. The van der Waals surface area contributed by atoms with Crippen molar-refractivity contribution in [3.05, 3.63) is 53.2 Å². The first-order valence-corrected chi connectivity index (χ1v) is 7.10. The van der Waals surface area contributed by atoms with E-state index in [9.17, 15) is 0 Å². The summed E-state index contributed by atoms with van der Waals surface area (Å²) in [4.78, 5) is 4.48. The van der Waals surface area contributed by atoms with E-state index in [1.165, 1.54) is 11.1 Å². The minimum atomic E-state index is 0.622. The predicted octanol–water partition coefficient (Wildman–Crippen LogP) is 3.09. The number of aryl methyl sites for hydroxylation is 1. The Morgan fingerprint density at radius 3 is 2.48 bits per heavy atom. The van der Waals surface area contributed by atoms with E-state index in [2.05, 4.69) is 22.4 Å². The Morgan fingerprint density at radius 1 is 1.10 bits per heavy atom. The van der Waals surface area contributed by atoms with Gasteiger partial charge in [-0.3, -0.25) is 0 Å². The SMILES string of the molecule is CNCc1ccc(Oc2ccc(CCOC)cc2)nc1C. The molecule has 0 spiro atoms. The van der Waals surface area contributed by atoms with Crippen LogP contribution in [0, 0.1) is 6.92 Å². The number of methoxy groups -OCH3 is 1. The summed E-state index contributed by atoms with van der Waals surface area (Å²) in [7, 11) is 3.64. The van der Waals surface area contributed by atoms with Gasteiger partial charge in [-0.1, -0.05) is 18.2 Å². The van der Waals surface area contributed by atoms with Crippen molar-refractivity contribution >= 4 is 0 Å². The maximum atomic E-state index is 5.79. The third-order valence-corrected chi connectivity index (χ3v) is 3.28. The van der Waals surface area contributed by atoms with E-state index in [1.807, 2.05) is 38.2 Å². The molecule has 1 heterocycles. The first-order valence-electron chi connectivity index (χ1n) is 7.10. The first-order chi connectivity index (χ1) is 10.2. The predicted molar refractivity (Wildman–Crippen MR) is 83.8 cm³/mol. The van der Waals surface area contributed by atoms with Crippen LogP contribution in [-0.2, 0) is 17.7 Å². The summed E-state index contributed by atoms with van der Waals surface area (Å²) in [5.74, 6) is 1.42. The number of aromatic nitrogens is 1. The number of hydrogen-bond acceptors (Lipinski definition) is 4. The molecule has 0 saturated carbocycles. The summed E-state index contributed by atoms with van der Waals surface area (Å²) in [6, 6.07) is 12.0. The van der Waals surface area contributed by atoms with Crippen molar-refractivity contribution < 1.29 is 9.47 Å². The van der Waals surface area contributed by atoms with Crippen molar-refractivity contribution in [3.8, 4) is 11.6 Å². The molecule has 1 aromatic carbocycles. The summed E-state index contributed by atoms with van der Waals surface area (Å²) >= 11 is 0. The van der Waals surface area contributed by atoms with Crippen LogP contribution in [0.4, 0.5) is 0 Å². The van der Waals surface area contributed by atoms with Crippen LogP contribution >= 0.6 is 0 Å². The lowest BCUT2D eigenvalue weighted by molar-refractivity contribution is 0.202. The van der Waals surface area contributed by atoms with Crippen LogP contribution in [-0.4, -0.2) is 25.7 Å². The highest BCUT2D eigenvalue weighted by Crippen LogP contribution is 2.21. The van der Waals surface area contributed by atoms with Crippen LogP contribution in [0.5, 0.6) is 11.6 Å². The Bertz CT molecular complexity index is 568. The van der Waals surface area contributed by atoms with Gasteiger partial charge in [0.1, 0.15) is 5.75 Å². The van der Waals surface area contributed by atoms with Gasteiger partial charge in [-0.2, -0.15) is 0 Å². The maximum absolute atomic E-state index is 5.79. The molecule has 21 heavy (non-hydrogen) atoms. The maximum Gasteiger partial charge on any atom is 0.219 e. The zero-order valence-corrected chi connectivity index (χ0v) is 12.8. The van der Waals surface area contributed by atoms with Crippen LogP contribution in [0.1, 0.15) is 16.8 Å². The van der Waals surface area contributed by atoms with Crippen molar-refractivity contribution in [3.63, 3.8) is 0 Å². The summed E-state index contributed by atoms with van der Waals surface area (Å²) in [5.41, 5.74) is 3.40. The Hall–Kier alpha value is -1.91. The Morgan fingerprint density at radius 2 is 1.86 bits per heavy atom. The van der Waals surface area contributed by atoms with Crippen LogP contribution in [0.15, 0.2) is 36.4 Å². The molecule has 4 nitrogen and oxygen atoms in total. The van der Waals surface area contributed by atoms with Gasteiger partial charge in [-0.05, 0) is 43.7 Å². The molecule has 1 aromatic heterocycles. The summed E-state index contributed by atoms with van der Waals surface area (Å²) in [6.07, 6.45) is 0.910. The summed E-state index contributed by atoms with van der Waals surface area (Å²) < 4.78 is 10.9. The highest BCUT2D eigenvalue weighted by molar-refractivity contribution is 5.32. The van der Waals surface area contributed by atoms with Crippen LogP contribution in [0.25, 0.3) is 0 Å². The Labute approximate surface area is 126 Å². The van der Waals surface area contributed by atoms with Gasteiger partial charge >= 0.3 is 0 Å². The third kappa shape index (κ3) is 4.55. The molecule has 0 saturated heterocycles. The topological polar surface area (TPSA) is 43.4 Å². The minimum absolute atomic E-state index is 0.622. The van der Waals surface area contributed by atoms with Crippen LogP contribution in [0.3, 0.4) is 0 Å². The molecule has 0 radical (unpaired) electrons. The monoisotopic (exact) mass is 286 g/mol. The lowest BCUT2D eigenvalue weighted by Gasteiger charge is -2.09. The van der Waals surface area contributed by atoms with E-state index >= 15 is 0 Å². The molecule has 112 valence electrons. The molecule has 0 fully saturated rings. The van der Waals surface area contributed by atoms with Gasteiger partial charge < -0.3 is 14.8 Å². The van der Waals surface area contributed by atoms with E-state index in [-0.39, 0.29) is 0 Å². The van der Waals surface area contributed by atoms with Gasteiger partial charge in [0.25, 0.3) is 0 Å². The summed E-state index contributed by atoms with van der Waals surface area (Å²) in [5, 5.41) is 3.13. The Kier molecular flexibility index (Phi) is 5.72. The number of rotatable bonds is 7. The van der Waals surface area contributed by atoms with Crippen molar-refractivity contribution in [2.45, 2.75) is 19.9 Å². The lowest BCUT2D eigenvalue weighted by atomic mass is 10.1.